The summed E-state index contributed by atoms with van der Waals surface area (Å²) in [5.41, 5.74) is 1.03. The Bertz CT molecular complexity index is 825. The van der Waals surface area contributed by atoms with Crippen LogP contribution < -0.4 is 15.0 Å². The number of aliphatic imine (C=N–C) groups is 1. The fourth-order valence-corrected chi connectivity index (χ4v) is 3.18. The minimum atomic E-state index is -0.157. The molecular weight excluding hydrogens is 495 g/mol. The molecule has 30 heavy (non-hydrogen) atoms. The lowest BCUT2D eigenvalue weighted by atomic mass is 9.97. The molecule has 8 nitrogen and oxygen atoms in total. The summed E-state index contributed by atoms with van der Waals surface area (Å²) in [7, 11) is 1.70. The Morgan fingerprint density at radius 3 is 2.57 bits per heavy atom. The number of benzene rings is 1. The van der Waals surface area contributed by atoms with E-state index in [2.05, 4.69) is 65.1 Å². The van der Waals surface area contributed by atoms with E-state index in [4.69, 9.17) is 14.3 Å². The van der Waals surface area contributed by atoms with E-state index < -0.39 is 0 Å². The maximum atomic E-state index is 5.37. The van der Waals surface area contributed by atoms with Gasteiger partial charge in [-0.1, -0.05) is 32.0 Å². The van der Waals surface area contributed by atoms with Crippen LogP contribution in [0.3, 0.4) is 0 Å². The second kappa shape index (κ2) is 10.8. The highest BCUT2D eigenvalue weighted by molar-refractivity contribution is 14.0. The lowest BCUT2D eigenvalue weighted by Crippen LogP contribution is -2.52. The molecule has 3 rings (SSSR count). The molecule has 2 aromatic rings. The van der Waals surface area contributed by atoms with Crippen LogP contribution in [0, 0.1) is 0 Å². The highest BCUT2D eigenvalue weighted by Gasteiger charge is 2.23. The van der Waals surface area contributed by atoms with Gasteiger partial charge in [-0.2, -0.15) is 4.98 Å². The van der Waals surface area contributed by atoms with Crippen molar-refractivity contribution in [3.63, 3.8) is 0 Å². The molecule has 1 fully saturated rings. The standard InChI is InChI=1S/C21H32N6O2.HI/c1-6-22-20(23-15-18-24-19(29-25-18)21(2,3)4)27-12-10-26(11-13-27)16-8-7-9-17(14-16)28-5;/h7-9,14H,6,10-13,15H2,1-5H3,(H,22,23);1H. The van der Waals surface area contributed by atoms with Gasteiger partial charge in [0.25, 0.3) is 0 Å². The number of nitrogens with one attached hydrogen (secondary N) is 1. The fourth-order valence-electron chi connectivity index (χ4n) is 3.18. The minimum absolute atomic E-state index is 0. The molecule has 0 bridgehead atoms. The van der Waals surface area contributed by atoms with E-state index in [1.807, 2.05) is 12.1 Å². The Hall–Kier alpha value is -2.04. The van der Waals surface area contributed by atoms with Gasteiger partial charge in [0.1, 0.15) is 12.3 Å². The topological polar surface area (TPSA) is 79.0 Å². The third kappa shape index (κ3) is 6.23. The minimum Gasteiger partial charge on any atom is -0.497 e. The van der Waals surface area contributed by atoms with Crippen molar-refractivity contribution in [1.82, 2.24) is 20.4 Å². The van der Waals surface area contributed by atoms with Crippen LogP contribution in [0.2, 0.25) is 0 Å². The predicted octanol–water partition coefficient (Wildman–Crippen LogP) is 3.28. The first kappa shape index (κ1) is 24.2. The summed E-state index contributed by atoms with van der Waals surface area (Å²) in [4.78, 5) is 13.9. The van der Waals surface area contributed by atoms with E-state index in [-0.39, 0.29) is 29.4 Å². The average Bonchev–Trinajstić information content (AvgIpc) is 3.21. The van der Waals surface area contributed by atoms with Gasteiger partial charge >= 0.3 is 0 Å². The summed E-state index contributed by atoms with van der Waals surface area (Å²) in [5.74, 6) is 3.02. The van der Waals surface area contributed by atoms with Crippen LogP contribution in [-0.2, 0) is 12.0 Å². The van der Waals surface area contributed by atoms with Crippen LogP contribution in [-0.4, -0.2) is 60.8 Å². The van der Waals surface area contributed by atoms with Crippen molar-refractivity contribution < 1.29 is 9.26 Å². The van der Waals surface area contributed by atoms with Crippen LogP contribution in [0.15, 0.2) is 33.8 Å². The molecule has 1 saturated heterocycles. The number of guanidine groups is 1. The van der Waals surface area contributed by atoms with Gasteiger partial charge in [0.15, 0.2) is 11.8 Å². The molecule has 1 N–H and O–H groups in total. The number of hydrogen-bond acceptors (Lipinski definition) is 6. The third-order valence-electron chi connectivity index (χ3n) is 4.81. The summed E-state index contributed by atoms with van der Waals surface area (Å²) in [6.07, 6.45) is 0. The second-order valence-corrected chi connectivity index (χ2v) is 8.11. The summed E-state index contributed by atoms with van der Waals surface area (Å²) in [6, 6.07) is 8.21. The van der Waals surface area contributed by atoms with Crippen LogP contribution in [0.1, 0.15) is 39.4 Å². The molecule has 0 aliphatic carbocycles. The molecule has 1 aliphatic rings. The SMILES string of the molecule is CCNC(=NCc1noc(C(C)(C)C)n1)N1CCN(c2cccc(OC)c2)CC1.I. The number of ether oxygens (including phenoxy) is 1. The van der Waals surface area contributed by atoms with Crippen molar-refractivity contribution in [2.45, 2.75) is 39.7 Å². The molecule has 1 aromatic carbocycles. The summed E-state index contributed by atoms with van der Waals surface area (Å²) < 4.78 is 10.7. The van der Waals surface area contributed by atoms with Gasteiger partial charge in [-0.15, -0.1) is 24.0 Å². The zero-order valence-corrected chi connectivity index (χ0v) is 20.8. The van der Waals surface area contributed by atoms with Crippen LogP contribution in [0.25, 0.3) is 0 Å². The molecular formula is C21H33IN6O2. The molecule has 0 saturated carbocycles. The van der Waals surface area contributed by atoms with Gasteiger partial charge in [-0.05, 0) is 19.1 Å². The Morgan fingerprint density at radius 1 is 1.23 bits per heavy atom. The zero-order valence-electron chi connectivity index (χ0n) is 18.5. The average molecular weight is 528 g/mol. The Labute approximate surface area is 196 Å². The molecule has 0 radical (unpaired) electrons. The molecule has 0 amide bonds. The van der Waals surface area contributed by atoms with Gasteiger partial charge in [0, 0.05) is 49.9 Å². The van der Waals surface area contributed by atoms with Crippen molar-refractivity contribution >= 4 is 35.6 Å². The van der Waals surface area contributed by atoms with Crippen molar-refractivity contribution in [3.8, 4) is 5.75 Å². The van der Waals surface area contributed by atoms with Gasteiger partial charge in [-0.25, -0.2) is 4.99 Å². The summed E-state index contributed by atoms with van der Waals surface area (Å²) >= 11 is 0. The van der Waals surface area contributed by atoms with Gasteiger partial charge < -0.3 is 24.4 Å². The first-order valence-corrected chi connectivity index (χ1v) is 10.2. The lowest BCUT2D eigenvalue weighted by Gasteiger charge is -2.37. The van der Waals surface area contributed by atoms with Gasteiger partial charge in [0.05, 0.1) is 7.11 Å². The van der Waals surface area contributed by atoms with Crippen LogP contribution in [0.5, 0.6) is 5.75 Å². The first-order valence-electron chi connectivity index (χ1n) is 10.2. The monoisotopic (exact) mass is 528 g/mol. The number of piperazine rings is 1. The number of anilines is 1. The Morgan fingerprint density at radius 2 is 1.97 bits per heavy atom. The third-order valence-corrected chi connectivity index (χ3v) is 4.81. The smallest absolute Gasteiger partial charge is 0.232 e. The lowest BCUT2D eigenvalue weighted by molar-refractivity contribution is 0.318. The number of rotatable bonds is 5. The van der Waals surface area contributed by atoms with E-state index in [0.29, 0.717) is 18.3 Å². The molecule has 0 atom stereocenters. The van der Waals surface area contributed by atoms with E-state index in [0.717, 1.165) is 44.4 Å². The number of hydrogen-bond donors (Lipinski definition) is 1. The quantitative estimate of drug-likeness (QED) is 0.363. The van der Waals surface area contributed by atoms with Gasteiger partial charge in [0.2, 0.25) is 5.89 Å². The van der Waals surface area contributed by atoms with Crippen molar-refractivity contribution in [2.24, 2.45) is 4.99 Å². The molecule has 1 aromatic heterocycles. The second-order valence-electron chi connectivity index (χ2n) is 8.11. The van der Waals surface area contributed by atoms with E-state index >= 15 is 0 Å². The van der Waals surface area contributed by atoms with Crippen LogP contribution in [0.4, 0.5) is 5.69 Å². The molecule has 166 valence electrons. The highest BCUT2D eigenvalue weighted by Crippen LogP contribution is 2.22. The maximum Gasteiger partial charge on any atom is 0.232 e. The number of nitrogens with zero attached hydrogens (tertiary/aromatic N) is 5. The molecule has 2 heterocycles. The predicted molar refractivity (Wildman–Crippen MR) is 130 cm³/mol. The molecule has 1 aliphatic heterocycles. The molecule has 0 spiro atoms. The summed E-state index contributed by atoms with van der Waals surface area (Å²) in [6.45, 7) is 13.1. The van der Waals surface area contributed by atoms with Crippen molar-refractivity contribution in [3.05, 3.63) is 36.0 Å². The van der Waals surface area contributed by atoms with E-state index in [1.54, 1.807) is 7.11 Å². The molecule has 0 unspecified atom stereocenters. The summed E-state index contributed by atoms with van der Waals surface area (Å²) in [5, 5.41) is 7.45. The van der Waals surface area contributed by atoms with Crippen molar-refractivity contribution in [2.75, 3.05) is 44.7 Å². The number of halogens is 1. The Balaban J connectivity index is 0.00000320. The molecule has 9 heteroatoms. The normalized spacial score (nSPS) is 15.0. The number of aromatic nitrogens is 2. The maximum absolute atomic E-state index is 5.37. The first-order chi connectivity index (χ1) is 13.9. The zero-order chi connectivity index (χ0) is 20.9. The fraction of sp³-hybridized carbons (Fsp3) is 0.571. The van der Waals surface area contributed by atoms with Gasteiger partial charge in [-0.3, -0.25) is 0 Å². The van der Waals surface area contributed by atoms with E-state index in [9.17, 15) is 0 Å². The highest BCUT2D eigenvalue weighted by atomic mass is 127. The Kier molecular flexibility index (Phi) is 8.75. The number of methoxy groups -OCH3 is 1. The van der Waals surface area contributed by atoms with E-state index in [1.165, 1.54) is 5.69 Å². The largest absolute Gasteiger partial charge is 0.497 e. The van der Waals surface area contributed by atoms with Crippen LogP contribution >= 0.6 is 24.0 Å². The van der Waals surface area contributed by atoms with Crippen molar-refractivity contribution in [1.29, 1.82) is 0 Å².